The Labute approximate surface area is 188 Å². The van der Waals surface area contributed by atoms with Gasteiger partial charge in [0.15, 0.2) is 0 Å². The summed E-state index contributed by atoms with van der Waals surface area (Å²) < 4.78 is 11.7. The maximum absolute atomic E-state index is 12.1. The first-order valence-corrected chi connectivity index (χ1v) is 11.0. The van der Waals surface area contributed by atoms with Crippen molar-refractivity contribution in [2.45, 2.75) is 65.5 Å². The minimum Gasteiger partial charge on any atom is -0.490 e. The normalized spacial score (nSPS) is 19.0. The van der Waals surface area contributed by atoms with Gasteiger partial charge in [0.05, 0.1) is 35.0 Å². The van der Waals surface area contributed by atoms with E-state index in [4.69, 9.17) is 15.2 Å². The number of fused-ring (bicyclic) bond motifs is 1. The van der Waals surface area contributed by atoms with E-state index in [0.29, 0.717) is 29.0 Å². The Hall–Kier alpha value is -2.87. The van der Waals surface area contributed by atoms with E-state index in [-0.39, 0.29) is 41.3 Å². The fourth-order valence-electron chi connectivity index (χ4n) is 4.03. The molecule has 1 saturated carbocycles. The van der Waals surface area contributed by atoms with Crippen LogP contribution in [0.15, 0.2) is 18.2 Å². The average Bonchev–Trinajstić information content (AvgIpc) is 2.68. The van der Waals surface area contributed by atoms with Crippen LogP contribution in [0.1, 0.15) is 62.5 Å². The number of carbonyl (C=O) groups is 2. The highest BCUT2D eigenvalue weighted by atomic mass is 16.5. The van der Waals surface area contributed by atoms with Gasteiger partial charge < -0.3 is 25.6 Å². The largest absolute Gasteiger partial charge is 0.490 e. The average molecular weight is 444 g/mol. The van der Waals surface area contributed by atoms with Gasteiger partial charge in [-0.3, -0.25) is 9.78 Å². The lowest BCUT2D eigenvalue weighted by Crippen LogP contribution is -2.41. The molecule has 0 unspecified atom stereocenters. The zero-order chi connectivity index (χ0) is 23.5. The van der Waals surface area contributed by atoms with Gasteiger partial charge in [0.1, 0.15) is 17.9 Å². The molecular formula is C24H33N3O5. The molecule has 1 aromatic heterocycles. The highest BCUT2D eigenvalue weighted by Gasteiger charge is 2.25. The number of ether oxygens (including phenoxy) is 2. The number of nitrogens with two attached hydrogens (primary N) is 1. The lowest BCUT2D eigenvalue weighted by atomic mass is 9.92. The standard InChI is InChI=1S/C24H33N3O5/c1-14-20(23(29)30)22(25)21-17(26-14)6-5-7-18(21)32-16-10-8-15(9-11-16)27-19(28)12-31-13-24(2,3)4/h5-7,15-16H,8-13H2,1-4H3,(H2,25,26)(H,27,28)(H,29,30). The summed E-state index contributed by atoms with van der Waals surface area (Å²) in [5.41, 5.74) is 7.41. The van der Waals surface area contributed by atoms with Crippen LogP contribution in [-0.2, 0) is 9.53 Å². The summed E-state index contributed by atoms with van der Waals surface area (Å²) in [6, 6.07) is 5.52. The minimum absolute atomic E-state index is 0.00801. The Morgan fingerprint density at radius 3 is 2.53 bits per heavy atom. The Morgan fingerprint density at radius 1 is 1.22 bits per heavy atom. The number of nitrogen functional groups attached to an aromatic ring is 1. The lowest BCUT2D eigenvalue weighted by molar-refractivity contribution is -0.127. The second-order valence-electron chi connectivity index (χ2n) is 9.65. The molecule has 1 heterocycles. The van der Waals surface area contributed by atoms with Crippen LogP contribution in [0.25, 0.3) is 10.9 Å². The van der Waals surface area contributed by atoms with E-state index in [2.05, 4.69) is 31.1 Å². The molecule has 0 radical (unpaired) electrons. The summed E-state index contributed by atoms with van der Waals surface area (Å²) in [4.78, 5) is 28.1. The molecule has 8 heteroatoms. The maximum Gasteiger partial charge on any atom is 0.339 e. The summed E-state index contributed by atoms with van der Waals surface area (Å²) in [5, 5.41) is 13.1. The van der Waals surface area contributed by atoms with Crippen molar-refractivity contribution in [1.29, 1.82) is 0 Å². The van der Waals surface area contributed by atoms with Crippen LogP contribution in [-0.4, -0.2) is 47.3 Å². The molecule has 0 aliphatic heterocycles. The number of hydrogen-bond acceptors (Lipinski definition) is 6. The Balaban J connectivity index is 1.60. The summed E-state index contributed by atoms with van der Waals surface area (Å²) in [7, 11) is 0. The number of carbonyl (C=O) groups excluding carboxylic acids is 1. The number of nitrogens with zero attached hydrogens (tertiary/aromatic N) is 1. The highest BCUT2D eigenvalue weighted by Crippen LogP contribution is 2.35. The molecular weight excluding hydrogens is 410 g/mol. The molecule has 3 rings (SSSR count). The van der Waals surface area contributed by atoms with Gasteiger partial charge >= 0.3 is 5.97 Å². The van der Waals surface area contributed by atoms with Crippen LogP contribution >= 0.6 is 0 Å². The number of pyridine rings is 1. The van der Waals surface area contributed by atoms with Crippen molar-refractivity contribution in [3.63, 3.8) is 0 Å². The first kappa shape index (κ1) is 23.8. The van der Waals surface area contributed by atoms with Gasteiger partial charge in [-0.15, -0.1) is 0 Å². The number of nitrogens with one attached hydrogen (secondary N) is 1. The third-order valence-electron chi connectivity index (χ3n) is 5.51. The molecule has 0 saturated heterocycles. The fraction of sp³-hybridized carbons (Fsp3) is 0.542. The van der Waals surface area contributed by atoms with Gasteiger partial charge in [-0.2, -0.15) is 0 Å². The van der Waals surface area contributed by atoms with E-state index in [1.807, 2.05) is 6.07 Å². The Morgan fingerprint density at radius 2 is 1.91 bits per heavy atom. The molecule has 32 heavy (non-hydrogen) atoms. The van der Waals surface area contributed by atoms with Crippen LogP contribution in [0, 0.1) is 12.3 Å². The zero-order valence-electron chi connectivity index (χ0n) is 19.2. The van der Waals surface area contributed by atoms with Crippen molar-refractivity contribution in [2.24, 2.45) is 5.41 Å². The van der Waals surface area contributed by atoms with Gasteiger partial charge in [-0.1, -0.05) is 26.8 Å². The number of hydrogen-bond donors (Lipinski definition) is 3. The number of aryl methyl sites for hydroxylation is 1. The number of rotatable bonds is 7. The van der Waals surface area contributed by atoms with Gasteiger partial charge in [0.2, 0.25) is 5.91 Å². The van der Waals surface area contributed by atoms with E-state index in [0.717, 1.165) is 25.7 Å². The lowest BCUT2D eigenvalue weighted by Gasteiger charge is -2.30. The van der Waals surface area contributed by atoms with Crippen LogP contribution in [0.2, 0.25) is 0 Å². The highest BCUT2D eigenvalue weighted by molar-refractivity contribution is 6.06. The summed E-state index contributed by atoms with van der Waals surface area (Å²) in [5.74, 6) is -0.659. The van der Waals surface area contributed by atoms with Crippen molar-refractivity contribution >= 4 is 28.5 Å². The number of carboxylic acids is 1. The second kappa shape index (κ2) is 9.73. The fourth-order valence-corrected chi connectivity index (χ4v) is 4.03. The summed E-state index contributed by atoms with van der Waals surface area (Å²) >= 11 is 0. The Kier molecular flexibility index (Phi) is 7.23. The minimum atomic E-state index is -1.10. The van der Waals surface area contributed by atoms with Crippen molar-refractivity contribution in [2.75, 3.05) is 18.9 Å². The zero-order valence-corrected chi connectivity index (χ0v) is 19.2. The molecule has 1 fully saturated rings. The topological polar surface area (TPSA) is 124 Å². The maximum atomic E-state index is 12.1. The van der Waals surface area contributed by atoms with Gasteiger partial charge in [0, 0.05) is 6.04 Å². The summed E-state index contributed by atoms with van der Waals surface area (Å²) in [6.07, 6.45) is 3.10. The number of benzene rings is 1. The van der Waals surface area contributed by atoms with E-state index in [1.165, 1.54) is 0 Å². The molecule has 2 aromatic rings. The second-order valence-corrected chi connectivity index (χ2v) is 9.65. The number of carboxylic acid groups (broad SMARTS) is 1. The third-order valence-corrected chi connectivity index (χ3v) is 5.51. The number of anilines is 1. The first-order valence-electron chi connectivity index (χ1n) is 11.0. The smallest absolute Gasteiger partial charge is 0.339 e. The molecule has 4 N–H and O–H groups in total. The number of amides is 1. The van der Waals surface area contributed by atoms with Crippen molar-refractivity contribution in [3.8, 4) is 5.75 Å². The van der Waals surface area contributed by atoms with E-state index in [9.17, 15) is 14.7 Å². The first-order chi connectivity index (χ1) is 15.0. The van der Waals surface area contributed by atoms with Crippen LogP contribution in [0.4, 0.5) is 5.69 Å². The number of aromatic carboxylic acids is 1. The van der Waals surface area contributed by atoms with Gasteiger partial charge in [0.25, 0.3) is 0 Å². The predicted molar refractivity (Wildman–Crippen MR) is 123 cm³/mol. The van der Waals surface area contributed by atoms with Crippen LogP contribution in [0.5, 0.6) is 5.75 Å². The van der Waals surface area contributed by atoms with Crippen molar-refractivity contribution in [1.82, 2.24) is 10.3 Å². The van der Waals surface area contributed by atoms with E-state index in [1.54, 1.807) is 19.1 Å². The molecule has 1 aliphatic carbocycles. The van der Waals surface area contributed by atoms with Crippen LogP contribution in [0.3, 0.4) is 0 Å². The van der Waals surface area contributed by atoms with Crippen molar-refractivity contribution < 1.29 is 24.2 Å². The van der Waals surface area contributed by atoms with Gasteiger partial charge in [-0.05, 0) is 50.2 Å². The van der Waals surface area contributed by atoms with Gasteiger partial charge in [-0.25, -0.2) is 4.79 Å². The van der Waals surface area contributed by atoms with E-state index >= 15 is 0 Å². The molecule has 174 valence electrons. The SMILES string of the molecule is Cc1nc2cccc(OC3CCC(NC(=O)COCC(C)(C)C)CC3)c2c(N)c1C(=O)O. The Bertz CT molecular complexity index is 991. The van der Waals surface area contributed by atoms with E-state index < -0.39 is 5.97 Å². The van der Waals surface area contributed by atoms with Crippen LogP contribution < -0.4 is 15.8 Å². The monoisotopic (exact) mass is 443 g/mol. The molecule has 0 atom stereocenters. The molecule has 1 aliphatic rings. The molecule has 1 aromatic carbocycles. The summed E-state index contributed by atoms with van der Waals surface area (Å²) in [6.45, 7) is 8.44. The third kappa shape index (κ3) is 5.88. The molecule has 1 amide bonds. The molecule has 0 bridgehead atoms. The quantitative estimate of drug-likeness (QED) is 0.596. The predicted octanol–water partition coefficient (Wildman–Crippen LogP) is 3.69. The molecule has 0 spiro atoms. The number of aromatic nitrogens is 1. The molecule has 8 nitrogen and oxygen atoms in total. The van der Waals surface area contributed by atoms with Crippen molar-refractivity contribution in [3.05, 3.63) is 29.5 Å².